The van der Waals surface area contributed by atoms with E-state index in [1.807, 2.05) is 11.8 Å². The number of anilines is 1. The molecular formula is C34H39F4N5O6. The fourth-order valence-electron chi connectivity index (χ4n) is 5.31. The first-order chi connectivity index (χ1) is 22.7. The van der Waals surface area contributed by atoms with Crippen molar-refractivity contribution < 1.29 is 46.5 Å². The zero-order valence-electron chi connectivity index (χ0n) is 28.2. The van der Waals surface area contributed by atoms with Crippen molar-refractivity contribution in [3.63, 3.8) is 0 Å². The maximum Gasteiger partial charge on any atom is 0.435 e. The summed E-state index contributed by atoms with van der Waals surface area (Å²) >= 11 is 0. The number of carbonyl (C=O) groups is 3. The van der Waals surface area contributed by atoms with Gasteiger partial charge < -0.3 is 24.8 Å². The van der Waals surface area contributed by atoms with Gasteiger partial charge in [-0.3, -0.25) is 9.69 Å². The molecule has 0 saturated carbocycles. The molecule has 2 N–H and O–H groups in total. The molecule has 2 heterocycles. The molecule has 1 aliphatic heterocycles. The number of aromatic carboxylic acids is 1. The molecule has 11 nitrogen and oxygen atoms in total. The van der Waals surface area contributed by atoms with Gasteiger partial charge in [-0.15, -0.1) is 10.2 Å². The van der Waals surface area contributed by atoms with E-state index in [2.05, 4.69) is 15.5 Å². The zero-order chi connectivity index (χ0) is 36.4. The average Bonchev–Trinajstić information content (AvgIpc) is 2.97. The Hall–Kier alpha value is -4.79. The first-order valence-corrected chi connectivity index (χ1v) is 15.5. The van der Waals surface area contributed by atoms with Crippen molar-refractivity contribution in [2.24, 2.45) is 0 Å². The third-order valence-electron chi connectivity index (χ3n) is 7.91. The molecule has 2 atom stereocenters. The van der Waals surface area contributed by atoms with Crippen LogP contribution in [0.2, 0.25) is 0 Å². The van der Waals surface area contributed by atoms with Gasteiger partial charge in [0.2, 0.25) is 0 Å². The molecule has 0 aliphatic carbocycles. The Morgan fingerprint density at radius 3 is 2.24 bits per heavy atom. The number of piperazine rings is 1. The summed E-state index contributed by atoms with van der Waals surface area (Å²) in [6.07, 6.45) is -6.02. The molecule has 1 saturated heterocycles. The van der Waals surface area contributed by atoms with Crippen LogP contribution in [0.4, 0.5) is 28.2 Å². The maximum absolute atomic E-state index is 14.8. The lowest BCUT2D eigenvalue weighted by Gasteiger charge is -2.41. The average molecular weight is 690 g/mol. The topological polar surface area (TPSA) is 134 Å². The van der Waals surface area contributed by atoms with Crippen LogP contribution in [0.15, 0.2) is 36.4 Å². The van der Waals surface area contributed by atoms with Gasteiger partial charge in [0.15, 0.2) is 11.5 Å². The van der Waals surface area contributed by atoms with Gasteiger partial charge in [-0.25, -0.2) is 14.0 Å². The van der Waals surface area contributed by atoms with Gasteiger partial charge in [0.25, 0.3) is 5.91 Å². The van der Waals surface area contributed by atoms with E-state index in [-0.39, 0.29) is 40.8 Å². The number of carboxylic acids is 1. The predicted octanol–water partition coefficient (Wildman–Crippen LogP) is 6.57. The minimum Gasteiger partial charge on any atom is -0.483 e. The van der Waals surface area contributed by atoms with Gasteiger partial charge >= 0.3 is 18.2 Å². The first-order valence-electron chi connectivity index (χ1n) is 15.5. The van der Waals surface area contributed by atoms with Crippen LogP contribution in [0, 0.1) is 26.6 Å². The molecule has 1 fully saturated rings. The summed E-state index contributed by atoms with van der Waals surface area (Å²) in [5.41, 5.74) is -1.19. The summed E-state index contributed by atoms with van der Waals surface area (Å²) in [5, 5.41) is 19.1. The molecule has 15 heteroatoms. The fourth-order valence-corrected chi connectivity index (χ4v) is 5.31. The van der Waals surface area contributed by atoms with Crippen molar-refractivity contribution in [2.75, 3.05) is 31.5 Å². The Balaban J connectivity index is 1.61. The standard InChI is InChI=1S/C34H39F4N5O6/c1-18-8-9-22(14-25(18)35)27(17-42-10-11-43(21(4)16-42)32(47)49-33(5,6)7)48-26-12-19(2)23(15-24(26)31(45)46)30(44)39-29-20(3)13-28(40-41-29)34(36,37)38/h8-9,12-15,21,27H,10-11,16-17H2,1-7H3,(H,45,46)(H,39,41,44)/t21-,27-/m1/s1. The molecule has 4 rings (SSSR count). The summed E-state index contributed by atoms with van der Waals surface area (Å²) < 4.78 is 65.7. The van der Waals surface area contributed by atoms with Crippen LogP contribution in [-0.2, 0) is 10.9 Å². The van der Waals surface area contributed by atoms with Crippen LogP contribution in [0.25, 0.3) is 0 Å². The number of benzene rings is 2. The lowest BCUT2D eigenvalue weighted by molar-refractivity contribution is -0.141. The lowest BCUT2D eigenvalue weighted by atomic mass is 10.0. The Labute approximate surface area is 281 Å². The fraction of sp³-hybridized carbons (Fsp3) is 0.441. The second-order valence-electron chi connectivity index (χ2n) is 13.1. The van der Waals surface area contributed by atoms with E-state index in [9.17, 15) is 37.1 Å². The van der Waals surface area contributed by atoms with Gasteiger partial charge in [0.1, 0.15) is 28.8 Å². The second-order valence-corrected chi connectivity index (χ2v) is 13.1. The highest BCUT2D eigenvalue weighted by Gasteiger charge is 2.35. The summed E-state index contributed by atoms with van der Waals surface area (Å²) in [7, 11) is 0. The summed E-state index contributed by atoms with van der Waals surface area (Å²) in [6.45, 7) is 13.1. The van der Waals surface area contributed by atoms with Crippen LogP contribution in [0.3, 0.4) is 0 Å². The quantitative estimate of drug-likeness (QED) is 0.252. The first kappa shape index (κ1) is 37.0. The molecule has 49 heavy (non-hydrogen) atoms. The highest BCUT2D eigenvalue weighted by atomic mass is 19.4. The van der Waals surface area contributed by atoms with Crippen molar-refractivity contribution in [2.45, 2.75) is 72.4 Å². The summed E-state index contributed by atoms with van der Waals surface area (Å²) in [4.78, 5) is 42.0. The number of carboxylic acid groups (broad SMARTS) is 1. The van der Waals surface area contributed by atoms with Crippen LogP contribution in [0.5, 0.6) is 5.75 Å². The van der Waals surface area contributed by atoms with E-state index in [1.54, 1.807) is 44.7 Å². The third-order valence-corrected chi connectivity index (χ3v) is 7.91. The van der Waals surface area contributed by atoms with Gasteiger partial charge in [0.05, 0.1) is 0 Å². The number of aryl methyl sites for hydroxylation is 3. The highest BCUT2D eigenvalue weighted by Crippen LogP contribution is 2.32. The Morgan fingerprint density at radius 2 is 1.67 bits per heavy atom. The normalized spacial score (nSPS) is 16.2. The number of rotatable bonds is 8. The number of nitrogens with zero attached hydrogens (tertiary/aromatic N) is 4. The lowest BCUT2D eigenvalue weighted by Crippen LogP contribution is -2.55. The molecule has 0 unspecified atom stereocenters. The molecule has 0 bridgehead atoms. The highest BCUT2D eigenvalue weighted by molar-refractivity contribution is 6.07. The van der Waals surface area contributed by atoms with Crippen molar-refractivity contribution >= 4 is 23.8 Å². The van der Waals surface area contributed by atoms with Gasteiger partial charge in [-0.1, -0.05) is 12.1 Å². The molecule has 2 amide bonds. The third kappa shape index (κ3) is 9.22. The number of halogens is 4. The Kier molecular flexibility index (Phi) is 10.9. The number of hydrogen-bond acceptors (Lipinski definition) is 8. The minimum absolute atomic E-state index is 0.00107. The smallest absolute Gasteiger partial charge is 0.435 e. The molecule has 1 aromatic heterocycles. The van der Waals surface area contributed by atoms with Crippen molar-refractivity contribution in [3.05, 3.63) is 81.3 Å². The minimum atomic E-state index is -4.72. The number of carbonyl (C=O) groups excluding carboxylic acids is 2. The van der Waals surface area contributed by atoms with Crippen molar-refractivity contribution in [1.82, 2.24) is 20.0 Å². The van der Waals surface area contributed by atoms with E-state index < -0.39 is 47.4 Å². The van der Waals surface area contributed by atoms with E-state index in [0.29, 0.717) is 36.3 Å². The molecule has 2 aromatic carbocycles. The number of alkyl halides is 3. The monoisotopic (exact) mass is 689 g/mol. The molecule has 1 aliphatic rings. The number of ether oxygens (including phenoxy) is 2. The van der Waals surface area contributed by atoms with Crippen LogP contribution < -0.4 is 10.1 Å². The molecular weight excluding hydrogens is 650 g/mol. The molecule has 0 spiro atoms. The molecule has 3 aromatic rings. The van der Waals surface area contributed by atoms with Gasteiger partial charge in [-0.2, -0.15) is 13.2 Å². The molecule has 264 valence electrons. The van der Waals surface area contributed by atoms with Crippen LogP contribution in [0.1, 0.15) is 82.5 Å². The predicted molar refractivity (Wildman–Crippen MR) is 171 cm³/mol. The van der Waals surface area contributed by atoms with Crippen molar-refractivity contribution in [3.8, 4) is 5.75 Å². The van der Waals surface area contributed by atoms with E-state index in [1.165, 1.54) is 26.0 Å². The number of aromatic nitrogens is 2. The number of hydrogen-bond donors (Lipinski definition) is 2. The van der Waals surface area contributed by atoms with Gasteiger partial charge in [-0.05, 0) is 95.0 Å². The summed E-state index contributed by atoms with van der Waals surface area (Å²) in [5.74, 6) is -3.02. The van der Waals surface area contributed by atoms with Crippen LogP contribution in [-0.4, -0.2) is 80.9 Å². The van der Waals surface area contributed by atoms with Gasteiger partial charge in [0, 0.05) is 37.8 Å². The van der Waals surface area contributed by atoms with E-state index >= 15 is 0 Å². The summed E-state index contributed by atoms with van der Waals surface area (Å²) in [6, 6.07) is 7.57. The molecule has 0 radical (unpaired) electrons. The maximum atomic E-state index is 14.8. The van der Waals surface area contributed by atoms with E-state index in [0.717, 1.165) is 12.1 Å². The second kappa shape index (κ2) is 14.4. The number of amides is 2. The zero-order valence-corrected chi connectivity index (χ0v) is 28.2. The number of nitrogens with one attached hydrogen (secondary N) is 1. The van der Waals surface area contributed by atoms with Crippen molar-refractivity contribution in [1.29, 1.82) is 0 Å². The Morgan fingerprint density at radius 1 is 0.980 bits per heavy atom. The Bertz CT molecular complexity index is 1740. The van der Waals surface area contributed by atoms with Crippen LogP contribution >= 0.6 is 0 Å². The van der Waals surface area contributed by atoms with E-state index in [4.69, 9.17) is 9.47 Å². The largest absolute Gasteiger partial charge is 0.483 e. The SMILES string of the molecule is Cc1ccc([C@@H](CN2CCN(C(=O)OC(C)(C)C)[C@H](C)C2)Oc2cc(C)c(C(=O)Nc3nnc(C(F)(F)F)cc3C)cc2C(=O)O)cc1F.